The van der Waals surface area contributed by atoms with E-state index in [1.165, 1.54) is 31.0 Å². The molecule has 0 saturated carbocycles. The first-order chi connectivity index (χ1) is 15.3. The molecule has 3 rings (SSSR count). The van der Waals surface area contributed by atoms with Crippen LogP contribution >= 0.6 is 11.6 Å². The van der Waals surface area contributed by atoms with Crippen molar-refractivity contribution in [1.82, 2.24) is 15.1 Å². The van der Waals surface area contributed by atoms with Crippen LogP contribution in [0.4, 0.5) is 5.69 Å². The van der Waals surface area contributed by atoms with Crippen LogP contribution < -0.4 is 20.3 Å². The van der Waals surface area contributed by atoms with Crippen LogP contribution in [-0.2, 0) is 6.54 Å². The zero-order valence-corrected chi connectivity index (χ0v) is 18.0. The minimum Gasteiger partial charge on any atom is -0.493 e. The van der Waals surface area contributed by atoms with Gasteiger partial charge in [-0.3, -0.25) is 19.7 Å². The van der Waals surface area contributed by atoms with Crippen molar-refractivity contribution in [1.29, 1.82) is 0 Å². The fraction of sp³-hybridized carbons (Fsp3) is 0.190. The Hall–Kier alpha value is -3.92. The van der Waals surface area contributed by atoms with E-state index in [-0.39, 0.29) is 35.7 Å². The van der Waals surface area contributed by atoms with Crippen molar-refractivity contribution in [2.75, 3.05) is 20.8 Å². The fourth-order valence-corrected chi connectivity index (χ4v) is 3.08. The number of benzene rings is 2. The topological polar surface area (TPSA) is 126 Å². The monoisotopic (exact) mass is 458 g/mol. The Balaban J connectivity index is 1.76. The van der Waals surface area contributed by atoms with Gasteiger partial charge in [0.2, 0.25) is 0 Å². The highest BCUT2D eigenvalue weighted by molar-refractivity contribution is 6.30. The van der Waals surface area contributed by atoms with Crippen LogP contribution in [0.1, 0.15) is 10.4 Å². The lowest BCUT2D eigenvalue weighted by atomic mass is 10.1. The Morgan fingerprint density at radius 3 is 2.41 bits per heavy atom. The van der Waals surface area contributed by atoms with Gasteiger partial charge in [0.15, 0.2) is 11.5 Å². The molecule has 1 aromatic heterocycles. The Labute approximate surface area is 187 Å². The molecule has 0 fully saturated rings. The van der Waals surface area contributed by atoms with Gasteiger partial charge in [0.25, 0.3) is 17.2 Å². The molecule has 0 aliphatic heterocycles. The molecule has 1 heterocycles. The molecule has 10 nitrogen and oxygen atoms in total. The van der Waals surface area contributed by atoms with Gasteiger partial charge in [0, 0.05) is 29.3 Å². The average Bonchev–Trinajstić information content (AvgIpc) is 2.79. The van der Waals surface area contributed by atoms with E-state index in [0.717, 1.165) is 11.6 Å². The number of amides is 1. The third-order valence-electron chi connectivity index (χ3n) is 4.56. The Kier molecular flexibility index (Phi) is 7.06. The molecule has 1 N–H and O–H groups in total. The van der Waals surface area contributed by atoms with Crippen LogP contribution in [0.15, 0.2) is 53.3 Å². The smallest absolute Gasteiger partial charge is 0.286 e. The second kappa shape index (κ2) is 9.92. The van der Waals surface area contributed by atoms with Gasteiger partial charge >= 0.3 is 0 Å². The number of hydrogen-bond acceptors (Lipinski definition) is 7. The summed E-state index contributed by atoms with van der Waals surface area (Å²) in [5.74, 6) is -0.387. The lowest BCUT2D eigenvalue weighted by molar-refractivity contribution is -0.385. The average molecular weight is 459 g/mol. The Morgan fingerprint density at radius 2 is 1.78 bits per heavy atom. The summed E-state index contributed by atoms with van der Waals surface area (Å²) in [5, 5.41) is 18.8. The van der Waals surface area contributed by atoms with Crippen molar-refractivity contribution >= 4 is 23.2 Å². The van der Waals surface area contributed by atoms with Crippen LogP contribution in [0.5, 0.6) is 11.5 Å². The number of rotatable bonds is 8. The molecule has 0 spiro atoms. The Morgan fingerprint density at radius 1 is 1.12 bits per heavy atom. The molecule has 166 valence electrons. The molecule has 0 saturated heterocycles. The lowest BCUT2D eigenvalue weighted by Crippen LogP contribution is -2.32. The number of nitrogens with zero attached hydrogens (tertiary/aromatic N) is 3. The van der Waals surface area contributed by atoms with Crippen LogP contribution in [0.2, 0.25) is 5.02 Å². The van der Waals surface area contributed by atoms with Crippen molar-refractivity contribution < 1.29 is 19.2 Å². The van der Waals surface area contributed by atoms with Crippen molar-refractivity contribution in [3.63, 3.8) is 0 Å². The third kappa shape index (κ3) is 5.03. The molecule has 0 aliphatic carbocycles. The van der Waals surface area contributed by atoms with E-state index >= 15 is 0 Å². The fourth-order valence-electron chi connectivity index (χ4n) is 2.96. The first kappa shape index (κ1) is 22.8. The molecule has 0 unspecified atom stereocenters. The summed E-state index contributed by atoms with van der Waals surface area (Å²) in [4.78, 5) is 35.5. The summed E-state index contributed by atoms with van der Waals surface area (Å²) in [5.41, 5.74) is 0.355. The molecular weight excluding hydrogens is 440 g/mol. The van der Waals surface area contributed by atoms with Gasteiger partial charge in [-0.25, -0.2) is 4.68 Å². The summed E-state index contributed by atoms with van der Waals surface area (Å²) in [6.45, 7) is 0.0778. The summed E-state index contributed by atoms with van der Waals surface area (Å²) in [6.07, 6.45) is 0. The zero-order valence-electron chi connectivity index (χ0n) is 17.2. The van der Waals surface area contributed by atoms with Crippen molar-refractivity contribution in [3.8, 4) is 22.8 Å². The highest BCUT2D eigenvalue weighted by Crippen LogP contribution is 2.34. The number of carbonyl (C=O) groups excluding carboxylic acids is 1. The SMILES string of the molecule is COc1cc(C(=O)NCCn2nc(-c3ccc(Cl)cc3)ccc2=O)c([N+](=O)[O-])cc1OC. The first-order valence-corrected chi connectivity index (χ1v) is 9.74. The van der Waals surface area contributed by atoms with Gasteiger partial charge in [0.1, 0.15) is 5.56 Å². The van der Waals surface area contributed by atoms with Gasteiger partial charge in [-0.05, 0) is 18.2 Å². The predicted octanol–water partition coefficient (Wildman–Crippen LogP) is 2.92. The van der Waals surface area contributed by atoms with Crippen molar-refractivity contribution in [2.24, 2.45) is 0 Å². The van der Waals surface area contributed by atoms with Crippen LogP contribution in [0.25, 0.3) is 11.3 Å². The lowest BCUT2D eigenvalue weighted by Gasteiger charge is -2.11. The van der Waals surface area contributed by atoms with E-state index in [2.05, 4.69) is 10.4 Å². The number of nitro groups is 1. The summed E-state index contributed by atoms with van der Waals surface area (Å²) >= 11 is 5.90. The zero-order chi connectivity index (χ0) is 23.3. The summed E-state index contributed by atoms with van der Waals surface area (Å²) in [6, 6.07) is 12.3. The van der Waals surface area contributed by atoms with Crippen LogP contribution in [0, 0.1) is 10.1 Å². The molecule has 0 bridgehead atoms. The second-order valence-corrected chi connectivity index (χ2v) is 6.96. The number of aromatic nitrogens is 2. The third-order valence-corrected chi connectivity index (χ3v) is 4.81. The molecular formula is C21H19ClN4O6. The number of hydrogen-bond donors (Lipinski definition) is 1. The van der Waals surface area contributed by atoms with E-state index in [1.807, 2.05) is 0 Å². The predicted molar refractivity (Wildman–Crippen MR) is 117 cm³/mol. The van der Waals surface area contributed by atoms with Crippen LogP contribution in [0.3, 0.4) is 0 Å². The van der Waals surface area contributed by atoms with E-state index < -0.39 is 16.5 Å². The quantitative estimate of drug-likeness (QED) is 0.406. The standard InChI is InChI=1S/C21H19ClN4O6/c1-31-18-11-15(17(26(29)30)12-19(18)32-2)21(28)23-9-10-25-20(27)8-7-16(24-25)13-3-5-14(22)6-4-13/h3-8,11-12H,9-10H2,1-2H3,(H,23,28). The highest BCUT2D eigenvalue weighted by atomic mass is 35.5. The molecule has 0 atom stereocenters. The van der Waals surface area contributed by atoms with Crippen molar-refractivity contribution in [3.05, 3.63) is 79.6 Å². The minimum atomic E-state index is -0.695. The second-order valence-electron chi connectivity index (χ2n) is 6.52. The van der Waals surface area contributed by atoms with Gasteiger partial charge in [0.05, 0.1) is 37.4 Å². The van der Waals surface area contributed by atoms with Crippen LogP contribution in [-0.4, -0.2) is 41.4 Å². The maximum atomic E-state index is 12.6. The molecule has 11 heteroatoms. The van der Waals surface area contributed by atoms with E-state index in [4.69, 9.17) is 21.1 Å². The maximum Gasteiger partial charge on any atom is 0.286 e. The number of carbonyl (C=O) groups is 1. The van der Waals surface area contributed by atoms with Crippen molar-refractivity contribution in [2.45, 2.75) is 6.54 Å². The molecule has 2 aromatic carbocycles. The molecule has 1 amide bonds. The largest absolute Gasteiger partial charge is 0.493 e. The minimum absolute atomic E-state index is 0.0152. The molecule has 32 heavy (non-hydrogen) atoms. The van der Waals surface area contributed by atoms with Gasteiger partial charge in [-0.15, -0.1) is 0 Å². The first-order valence-electron chi connectivity index (χ1n) is 9.36. The molecule has 3 aromatic rings. The summed E-state index contributed by atoms with van der Waals surface area (Å²) in [7, 11) is 2.70. The van der Waals surface area contributed by atoms with Gasteiger partial charge in [-0.1, -0.05) is 23.7 Å². The van der Waals surface area contributed by atoms with E-state index in [0.29, 0.717) is 10.7 Å². The van der Waals surface area contributed by atoms with Gasteiger partial charge in [-0.2, -0.15) is 5.10 Å². The molecule has 0 radical (unpaired) electrons. The number of ether oxygens (including phenoxy) is 2. The number of nitrogens with one attached hydrogen (secondary N) is 1. The highest BCUT2D eigenvalue weighted by Gasteiger charge is 2.24. The normalized spacial score (nSPS) is 10.5. The number of nitro benzene ring substituents is 1. The summed E-state index contributed by atoms with van der Waals surface area (Å²) < 4.78 is 11.4. The van der Waals surface area contributed by atoms with Gasteiger partial charge < -0.3 is 14.8 Å². The van der Waals surface area contributed by atoms with E-state index in [9.17, 15) is 19.7 Å². The maximum absolute atomic E-state index is 12.6. The molecule has 0 aliphatic rings. The number of methoxy groups -OCH3 is 2. The Bertz CT molecular complexity index is 1210. The number of halogens is 1. The van der Waals surface area contributed by atoms with E-state index in [1.54, 1.807) is 30.3 Å².